The van der Waals surface area contributed by atoms with E-state index in [0.717, 1.165) is 13.0 Å². The lowest BCUT2D eigenvalue weighted by atomic mass is 10.1. The molecule has 2 N–H and O–H groups in total. The first kappa shape index (κ1) is 19.6. The van der Waals surface area contributed by atoms with Gasteiger partial charge in [-0.15, -0.1) is 0 Å². The molecular weight excluding hydrogens is 288 g/mol. The van der Waals surface area contributed by atoms with Crippen molar-refractivity contribution in [3.8, 4) is 0 Å². The van der Waals surface area contributed by atoms with Gasteiger partial charge >= 0.3 is 0 Å². The van der Waals surface area contributed by atoms with Crippen molar-refractivity contribution >= 4 is 5.91 Å². The zero-order chi connectivity index (χ0) is 16.8. The standard InChI is InChI=1S/C19H32N2O2/c1-2-3-4-5-6-7-8-9-10-11-16-23-17-21-14-12-18(13-15-21)19(20)22/h12-15H,2-11,16-17H2,1H3,(H-,20,22)/p+1. The Labute approximate surface area is 141 Å². The van der Waals surface area contributed by atoms with Gasteiger partial charge in [-0.25, -0.2) is 0 Å². The predicted octanol–water partition coefficient (Wildman–Crippen LogP) is 3.97. The van der Waals surface area contributed by atoms with Crippen LogP contribution in [0.15, 0.2) is 24.5 Å². The van der Waals surface area contributed by atoms with E-state index in [2.05, 4.69) is 6.92 Å². The molecule has 4 nitrogen and oxygen atoms in total. The van der Waals surface area contributed by atoms with Crippen LogP contribution in [0, 0.1) is 0 Å². The third-order valence-corrected chi connectivity index (χ3v) is 4.06. The molecule has 0 unspecified atom stereocenters. The molecule has 1 amide bonds. The molecule has 130 valence electrons. The van der Waals surface area contributed by atoms with E-state index in [1.165, 1.54) is 57.8 Å². The summed E-state index contributed by atoms with van der Waals surface area (Å²) in [5, 5.41) is 0. The molecule has 0 aliphatic heterocycles. The van der Waals surface area contributed by atoms with Gasteiger partial charge in [0.2, 0.25) is 5.91 Å². The Kier molecular flexibility index (Phi) is 11.1. The molecule has 23 heavy (non-hydrogen) atoms. The number of ether oxygens (including phenoxy) is 1. The molecule has 0 spiro atoms. The first-order valence-electron chi connectivity index (χ1n) is 9.10. The van der Waals surface area contributed by atoms with E-state index >= 15 is 0 Å². The number of unbranched alkanes of at least 4 members (excludes halogenated alkanes) is 9. The van der Waals surface area contributed by atoms with Crippen molar-refractivity contribution in [1.29, 1.82) is 0 Å². The molecule has 4 heteroatoms. The van der Waals surface area contributed by atoms with E-state index < -0.39 is 5.91 Å². The van der Waals surface area contributed by atoms with E-state index in [4.69, 9.17) is 10.5 Å². The molecule has 1 rings (SSSR count). The number of rotatable bonds is 14. The van der Waals surface area contributed by atoms with E-state index in [9.17, 15) is 4.79 Å². The van der Waals surface area contributed by atoms with Crippen LogP contribution in [0.3, 0.4) is 0 Å². The summed E-state index contributed by atoms with van der Waals surface area (Å²) in [6.07, 6.45) is 17.0. The van der Waals surface area contributed by atoms with Crippen LogP contribution in [0.4, 0.5) is 0 Å². The highest BCUT2D eigenvalue weighted by atomic mass is 16.5. The van der Waals surface area contributed by atoms with Gasteiger partial charge in [0.25, 0.3) is 6.73 Å². The fourth-order valence-corrected chi connectivity index (χ4v) is 2.57. The van der Waals surface area contributed by atoms with Crippen molar-refractivity contribution in [3.63, 3.8) is 0 Å². The van der Waals surface area contributed by atoms with Gasteiger partial charge in [-0.2, -0.15) is 4.57 Å². The number of aromatic nitrogens is 1. The second-order valence-corrected chi connectivity index (χ2v) is 6.18. The lowest BCUT2D eigenvalue weighted by Crippen LogP contribution is -2.34. The molecule has 0 atom stereocenters. The summed E-state index contributed by atoms with van der Waals surface area (Å²) < 4.78 is 7.54. The minimum Gasteiger partial charge on any atom is -0.366 e. The molecule has 0 saturated carbocycles. The number of hydrogen-bond acceptors (Lipinski definition) is 2. The maximum atomic E-state index is 11.0. The van der Waals surface area contributed by atoms with E-state index in [1.807, 2.05) is 17.0 Å². The van der Waals surface area contributed by atoms with Crippen molar-refractivity contribution in [2.45, 2.75) is 77.9 Å². The van der Waals surface area contributed by atoms with Crippen molar-refractivity contribution in [1.82, 2.24) is 0 Å². The Bertz CT molecular complexity index is 418. The SMILES string of the molecule is CCCCCCCCCCCCOC[n+]1ccc(C(N)=O)cc1. The highest BCUT2D eigenvalue weighted by Crippen LogP contribution is 2.10. The summed E-state index contributed by atoms with van der Waals surface area (Å²) in [5.74, 6) is -0.400. The normalized spacial score (nSPS) is 10.8. The summed E-state index contributed by atoms with van der Waals surface area (Å²) in [6, 6.07) is 3.43. The van der Waals surface area contributed by atoms with Crippen LogP contribution < -0.4 is 10.3 Å². The van der Waals surface area contributed by atoms with E-state index in [-0.39, 0.29) is 0 Å². The molecule has 1 aromatic rings. The van der Waals surface area contributed by atoms with Gasteiger partial charge in [0.05, 0.1) is 12.2 Å². The zero-order valence-corrected chi connectivity index (χ0v) is 14.6. The Morgan fingerprint density at radius 2 is 1.48 bits per heavy atom. The molecule has 0 saturated heterocycles. The average molecular weight is 321 g/mol. The minimum absolute atomic E-state index is 0.400. The molecule has 1 aromatic heterocycles. The predicted molar refractivity (Wildman–Crippen MR) is 93.0 cm³/mol. The van der Waals surface area contributed by atoms with Gasteiger partial charge in [0, 0.05) is 12.1 Å². The minimum atomic E-state index is -0.400. The Morgan fingerprint density at radius 3 is 2.00 bits per heavy atom. The van der Waals surface area contributed by atoms with Gasteiger partial charge in [-0.3, -0.25) is 4.79 Å². The Morgan fingerprint density at radius 1 is 0.957 bits per heavy atom. The molecule has 0 aromatic carbocycles. The van der Waals surface area contributed by atoms with Crippen molar-refractivity contribution in [2.75, 3.05) is 6.61 Å². The number of hydrogen-bond donors (Lipinski definition) is 1. The number of carbonyl (C=O) groups excluding carboxylic acids is 1. The van der Waals surface area contributed by atoms with Gasteiger partial charge < -0.3 is 10.5 Å². The van der Waals surface area contributed by atoms with E-state index in [1.54, 1.807) is 12.1 Å². The highest BCUT2D eigenvalue weighted by molar-refractivity contribution is 5.92. The molecule has 0 radical (unpaired) electrons. The quantitative estimate of drug-likeness (QED) is 0.416. The Balaban J connectivity index is 1.90. The average Bonchev–Trinajstić information content (AvgIpc) is 2.56. The number of pyridine rings is 1. The number of nitrogens with zero attached hydrogens (tertiary/aromatic N) is 1. The molecule has 0 fully saturated rings. The number of amides is 1. The van der Waals surface area contributed by atoms with Crippen molar-refractivity contribution in [2.24, 2.45) is 5.73 Å². The van der Waals surface area contributed by atoms with Crippen LogP contribution in [-0.2, 0) is 11.5 Å². The number of carbonyl (C=O) groups is 1. The van der Waals surface area contributed by atoms with E-state index in [0.29, 0.717) is 12.3 Å². The summed E-state index contributed by atoms with van der Waals surface area (Å²) in [7, 11) is 0. The molecule has 0 bridgehead atoms. The van der Waals surface area contributed by atoms with Crippen LogP contribution in [0.25, 0.3) is 0 Å². The van der Waals surface area contributed by atoms with Gasteiger partial charge in [-0.1, -0.05) is 64.7 Å². The van der Waals surface area contributed by atoms with Crippen molar-refractivity contribution < 1.29 is 14.1 Å². The van der Waals surface area contributed by atoms with Crippen LogP contribution in [-0.4, -0.2) is 12.5 Å². The smallest absolute Gasteiger partial charge is 0.252 e. The Hall–Kier alpha value is -1.42. The van der Waals surface area contributed by atoms with Crippen molar-refractivity contribution in [3.05, 3.63) is 30.1 Å². The second-order valence-electron chi connectivity index (χ2n) is 6.18. The first-order valence-corrected chi connectivity index (χ1v) is 9.10. The van der Waals surface area contributed by atoms with Crippen LogP contribution >= 0.6 is 0 Å². The fourth-order valence-electron chi connectivity index (χ4n) is 2.57. The summed E-state index contributed by atoms with van der Waals surface area (Å²) in [6.45, 7) is 3.58. The molecule has 0 aliphatic rings. The number of primary amides is 1. The fraction of sp³-hybridized carbons (Fsp3) is 0.684. The third kappa shape index (κ3) is 10.1. The lowest BCUT2D eigenvalue weighted by Gasteiger charge is -2.03. The second kappa shape index (κ2) is 13.1. The zero-order valence-electron chi connectivity index (χ0n) is 14.6. The molecular formula is C19H33N2O2+. The van der Waals surface area contributed by atoms with Gasteiger partial charge in [-0.05, 0) is 6.42 Å². The monoisotopic (exact) mass is 321 g/mol. The highest BCUT2D eigenvalue weighted by Gasteiger charge is 2.04. The van der Waals surface area contributed by atoms with Crippen LogP contribution in [0.5, 0.6) is 0 Å². The summed E-state index contributed by atoms with van der Waals surface area (Å²) >= 11 is 0. The summed E-state index contributed by atoms with van der Waals surface area (Å²) in [5.41, 5.74) is 5.73. The molecule has 0 aliphatic carbocycles. The lowest BCUT2D eigenvalue weighted by molar-refractivity contribution is -0.732. The molecule has 1 heterocycles. The maximum absolute atomic E-state index is 11.0. The van der Waals surface area contributed by atoms with Crippen LogP contribution in [0.1, 0.15) is 81.5 Å². The van der Waals surface area contributed by atoms with Gasteiger partial charge in [0.15, 0.2) is 12.4 Å². The first-order chi connectivity index (χ1) is 11.2. The largest absolute Gasteiger partial charge is 0.366 e. The van der Waals surface area contributed by atoms with Crippen LogP contribution in [0.2, 0.25) is 0 Å². The third-order valence-electron chi connectivity index (χ3n) is 4.06. The topological polar surface area (TPSA) is 56.2 Å². The van der Waals surface area contributed by atoms with Gasteiger partial charge in [0.1, 0.15) is 0 Å². The summed E-state index contributed by atoms with van der Waals surface area (Å²) in [4.78, 5) is 11.0. The maximum Gasteiger partial charge on any atom is 0.252 e. The number of nitrogens with two attached hydrogens (primary N) is 1.